The fourth-order valence-corrected chi connectivity index (χ4v) is 3.86. The topological polar surface area (TPSA) is 35.5 Å². The van der Waals surface area contributed by atoms with Gasteiger partial charge in [-0.15, -0.1) is 0 Å². The summed E-state index contributed by atoms with van der Waals surface area (Å²) in [6.45, 7) is 2.62. The van der Waals surface area contributed by atoms with Crippen molar-refractivity contribution >= 4 is 27.1 Å². The first-order valence-corrected chi connectivity index (χ1v) is 9.61. The molecule has 0 spiro atoms. The van der Waals surface area contributed by atoms with Gasteiger partial charge < -0.3 is 9.47 Å². The molecular weight excluding hydrogens is 360 g/mol. The van der Waals surface area contributed by atoms with Gasteiger partial charge in [0.2, 0.25) is 5.52 Å². The van der Waals surface area contributed by atoms with E-state index in [1.165, 1.54) is 5.39 Å². The zero-order valence-corrected chi connectivity index (χ0v) is 16.4. The molecule has 29 heavy (non-hydrogen) atoms. The van der Waals surface area contributed by atoms with E-state index in [1.54, 1.807) is 7.11 Å². The molecule has 3 aromatic heterocycles. The molecular formula is C25H21N2O2+. The predicted octanol–water partition coefficient (Wildman–Crippen LogP) is 5.02. The Morgan fingerprint density at radius 2 is 1.72 bits per heavy atom. The lowest BCUT2D eigenvalue weighted by molar-refractivity contribution is -0.516. The Bertz CT molecular complexity index is 1350. The van der Waals surface area contributed by atoms with Crippen LogP contribution >= 0.6 is 0 Å². The van der Waals surface area contributed by atoms with E-state index < -0.39 is 0 Å². The lowest BCUT2D eigenvalue weighted by Crippen LogP contribution is -2.25. The van der Waals surface area contributed by atoms with Crippen LogP contribution in [0.2, 0.25) is 0 Å². The van der Waals surface area contributed by atoms with Crippen molar-refractivity contribution in [1.29, 1.82) is 0 Å². The Balaban J connectivity index is 1.70. The highest BCUT2D eigenvalue weighted by molar-refractivity contribution is 5.99. The number of nitrogens with zero attached hydrogens (tertiary/aromatic N) is 2. The third kappa shape index (κ3) is 3.03. The lowest BCUT2D eigenvalue weighted by atomic mass is 10.1. The Kier molecular flexibility index (Phi) is 4.24. The van der Waals surface area contributed by atoms with Crippen LogP contribution in [0.4, 0.5) is 0 Å². The fourth-order valence-electron chi connectivity index (χ4n) is 3.86. The molecule has 0 fully saturated rings. The largest absolute Gasteiger partial charge is 0.493 e. The van der Waals surface area contributed by atoms with E-state index in [0.717, 1.165) is 44.4 Å². The molecule has 3 heterocycles. The lowest BCUT2D eigenvalue weighted by Gasteiger charge is -2.12. The molecule has 0 saturated heterocycles. The summed E-state index contributed by atoms with van der Waals surface area (Å²) in [6.07, 6.45) is 5.86. The maximum absolute atomic E-state index is 6.14. The number of methoxy groups -OCH3 is 1. The van der Waals surface area contributed by atoms with Crippen LogP contribution in [-0.2, 0) is 6.61 Å². The number of aromatic nitrogens is 2. The van der Waals surface area contributed by atoms with Gasteiger partial charge in [-0.25, -0.2) is 0 Å². The van der Waals surface area contributed by atoms with Crippen LogP contribution in [0.25, 0.3) is 27.1 Å². The van der Waals surface area contributed by atoms with E-state index in [4.69, 9.17) is 9.47 Å². The molecule has 142 valence electrons. The van der Waals surface area contributed by atoms with E-state index in [9.17, 15) is 0 Å². The number of rotatable bonds is 4. The minimum atomic E-state index is 0.494. The minimum Gasteiger partial charge on any atom is -0.493 e. The molecule has 0 bridgehead atoms. The molecule has 0 atom stereocenters. The molecule has 5 rings (SSSR count). The number of pyridine rings is 3. The van der Waals surface area contributed by atoms with Gasteiger partial charge in [-0.1, -0.05) is 30.3 Å². The highest BCUT2D eigenvalue weighted by Gasteiger charge is 2.17. The van der Waals surface area contributed by atoms with E-state index in [2.05, 4.69) is 58.9 Å². The first-order chi connectivity index (χ1) is 14.2. The number of hydrogen-bond acceptors (Lipinski definition) is 3. The van der Waals surface area contributed by atoms with Gasteiger partial charge in [0.05, 0.1) is 17.9 Å². The second-order valence-corrected chi connectivity index (χ2v) is 7.13. The van der Waals surface area contributed by atoms with Gasteiger partial charge in [-0.05, 0) is 34.5 Å². The summed E-state index contributed by atoms with van der Waals surface area (Å²) in [4.78, 5) is 4.28. The molecule has 0 radical (unpaired) electrons. The molecule has 4 heteroatoms. The number of fused-ring (bicyclic) bond motifs is 4. The third-order valence-electron chi connectivity index (χ3n) is 5.41. The van der Waals surface area contributed by atoms with Gasteiger partial charge >= 0.3 is 0 Å². The van der Waals surface area contributed by atoms with E-state index in [-0.39, 0.29) is 0 Å². The quantitative estimate of drug-likeness (QED) is 0.249. The first-order valence-electron chi connectivity index (χ1n) is 9.61. The fraction of sp³-hybridized carbons (Fsp3) is 0.120. The van der Waals surface area contributed by atoms with Gasteiger partial charge in [0.15, 0.2) is 23.4 Å². The summed E-state index contributed by atoms with van der Waals surface area (Å²) < 4.78 is 14.0. The van der Waals surface area contributed by atoms with Crippen molar-refractivity contribution in [2.45, 2.75) is 13.5 Å². The molecule has 2 aromatic carbocycles. The van der Waals surface area contributed by atoms with E-state index in [0.29, 0.717) is 6.61 Å². The Hall–Kier alpha value is -3.66. The Morgan fingerprint density at radius 3 is 2.55 bits per heavy atom. The zero-order valence-electron chi connectivity index (χ0n) is 16.4. The second-order valence-electron chi connectivity index (χ2n) is 7.13. The smallest absolute Gasteiger partial charge is 0.219 e. The summed E-state index contributed by atoms with van der Waals surface area (Å²) in [7, 11) is 1.68. The average molecular weight is 381 g/mol. The highest BCUT2D eigenvalue weighted by atomic mass is 16.5. The number of benzene rings is 2. The van der Waals surface area contributed by atoms with E-state index >= 15 is 0 Å². The summed E-state index contributed by atoms with van der Waals surface area (Å²) in [5, 5.41) is 4.56. The van der Waals surface area contributed by atoms with Crippen LogP contribution in [0.5, 0.6) is 11.5 Å². The number of ether oxygens (including phenoxy) is 2. The molecule has 0 amide bonds. The molecule has 0 aliphatic carbocycles. The zero-order chi connectivity index (χ0) is 19.8. The van der Waals surface area contributed by atoms with Crippen molar-refractivity contribution in [2.24, 2.45) is 0 Å². The average Bonchev–Trinajstić information content (AvgIpc) is 2.78. The molecule has 0 N–H and O–H groups in total. The SMILES string of the molecule is COc1cc2cc[n+]3c(C)c4cnccc4cc3c2cc1OCc1ccccc1. The van der Waals surface area contributed by atoms with Crippen LogP contribution < -0.4 is 13.9 Å². The van der Waals surface area contributed by atoms with Crippen molar-refractivity contribution < 1.29 is 13.9 Å². The Labute approximate surface area is 169 Å². The summed E-state index contributed by atoms with van der Waals surface area (Å²) in [5.41, 5.74) is 3.41. The van der Waals surface area contributed by atoms with Crippen LogP contribution in [0, 0.1) is 6.92 Å². The Morgan fingerprint density at radius 1 is 0.897 bits per heavy atom. The highest BCUT2D eigenvalue weighted by Crippen LogP contribution is 2.34. The summed E-state index contributed by atoms with van der Waals surface area (Å²) in [5.74, 6) is 1.48. The van der Waals surface area contributed by atoms with Crippen LogP contribution in [-0.4, -0.2) is 12.1 Å². The summed E-state index contributed by atoms with van der Waals surface area (Å²) in [6, 6.07) is 20.7. The normalized spacial score (nSPS) is 11.2. The molecule has 0 aliphatic heterocycles. The minimum absolute atomic E-state index is 0.494. The molecule has 4 nitrogen and oxygen atoms in total. The van der Waals surface area contributed by atoms with Crippen molar-refractivity contribution in [1.82, 2.24) is 4.98 Å². The molecule has 0 aliphatic rings. The first kappa shape index (κ1) is 17.4. The standard InChI is InChI=1S/C25H21N2O2/c1-17-22-15-26-10-8-19(22)12-23-21-14-25(29-16-18-6-4-3-5-7-18)24(28-2)13-20(21)9-11-27(17)23/h3-15H,16H2,1-2H3/q+1. The second kappa shape index (κ2) is 7.06. The third-order valence-corrected chi connectivity index (χ3v) is 5.41. The van der Waals surface area contributed by atoms with Crippen LogP contribution in [0.15, 0.2) is 79.3 Å². The maximum atomic E-state index is 6.14. The molecule has 5 aromatic rings. The number of hydrogen-bond donors (Lipinski definition) is 0. The molecule has 0 unspecified atom stereocenters. The van der Waals surface area contributed by atoms with Gasteiger partial charge in [0.25, 0.3) is 0 Å². The summed E-state index contributed by atoms with van der Waals surface area (Å²) >= 11 is 0. The van der Waals surface area contributed by atoms with Crippen molar-refractivity contribution in [3.8, 4) is 11.5 Å². The monoisotopic (exact) mass is 381 g/mol. The molecule has 0 saturated carbocycles. The van der Waals surface area contributed by atoms with Crippen LogP contribution in [0.1, 0.15) is 11.3 Å². The van der Waals surface area contributed by atoms with Gasteiger partial charge in [0, 0.05) is 31.5 Å². The predicted molar refractivity (Wildman–Crippen MR) is 114 cm³/mol. The van der Waals surface area contributed by atoms with Gasteiger partial charge in [-0.3, -0.25) is 4.98 Å². The van der Waals surface area contributed by atoms with E-state index in [1.807, 2.05) is 36.7 Å². The number of aryl methyl sites for hydroxylation is 1. The van der Waals surface area contributed by atoms with Crippen molar-refractivity contribution in [3.05, 3.63) is 90.5 Å². The van der Waals surface area contributed by atoms with Gasteiger partial charge in [0.1, 0.15) is 6.61 Å². The van der Waals surface area contributed by atoms with Crippen molar-refractivity contribution in [2.75, 3.05) is 7.11 Å². The maximum Gasteiger partial charge on any atom is 0.219 e. The van der Waals surface area contributed by atoms with Gasteiger partial charge in [-0.2, -0.15) is 4.40 Å². The van der Waals surface area contributed by atoms with Crippen LogP contribution in [0.3, 0.4) is 0 Å². The van der Waals surface area contributed by atoms with Crippen molar-refractivity contribution in [3.63, 3.8) is 0 Å².